The number of ketones is 1. The summed E-state index contributed by atoms with van der Waals surface area (Å²) in [6.07, 6.45) is 2.23. The number of aromatic nitrogens is 4. The topological polar surface area (TPSA) is 60.7 Å². The normalized spacial score (nSPS) is 14.4. The first-order valence-corrected chi connectivity index (χ1v) is 7.09. The maximum absolute atomic E-state index is 12.0. The van der Waals surface area contributed by atoms with Crippen LogP contribution in [-0.4, -0.2) is 25.5 Å². The fraction of sp³-hybridized carbons (Fsp3) is 0.250. The molecule has 0 unspecified atom stereocenters. The molecule has 2 aromatic heterocycles. The monoisotopic (exact) mass is 278 g/mol. The highest BCUT2D eigenvalue weighted by Gasteiger charge is 2.23. The zero-order valence-corrected chi connectivity index (χ0v) is 11.7. The Morgan fingerprint density at radius 3 is 2.71 bits per heavy atom. The van der Waals surface area contributed by atoms with Gasteiger partial charge < -0.3 is 0 Å². The van der Waals surface area contributed by atoms with Gasteiger partial charge in [0, 0.05) is 6.42 Å². The van der Waals surface area contributed by atoms with Crippen LogP contribution in [0, 0.1) is 6.92 Å². The minimum absolute atomic E-state index is 0.0949. The van der Waals surface area contributed by atoms with Crippen molar-refractivity contribution in [1.29, 1.82) is 0 Å². The third-order valence-corrected chi connectivity index (χ3v) is 3.83. The number of carbonyl (C=O) groups is 1. The van der Waals surface area contributed by atoms with Crippen LogP contribution >= 0.6 is 0 Å². The number of Topliss-reactive ketones (excluding diaryl/α,β-unsaturated/α-hetero) is 1. The van der Waals surface area contributed by atoms with Crippen molar-refractivity contribution in [2.75, 3.05) is 0 Å². The van der Waals surface area contributed by atoms with Gasteiger partial charge in [-0.15, -0.1) is 0 Å². The summed E-state index contributed by atoms with van der Waals surface area (Å²) in [7, 11) is 0. The van der Waals surface area contributed by atoms with Gasteiger partial charge in [0.1, 0.15) is 11.2 Å². The van der Waals surface area contributed by atoms with Crippen molar-refractivity contribution in [2.24, 2.45) is 0 Å². The lowest BCUT2D eigenvalue weighted by molar-refractivity contribution is 0.0966. The van der Waals surface area contributed by atoms with Crippen molar-refractivity contribution >= 4 is 16.9 Å². The molecule has 0 fully saturated rings. The van der Waals surface area contributed by atoms with E-state index in [2.05, 4.69) is 15.1 Å². The third-order valence-electron chi connectivity index (χ3n) is 3.83. The molecule has 0 spiro atoms. The molecule has 0 amide bonds. The number of aryl methyl sites for hydroxylation is 2. The molecule has 5 heteroatoms. The van der Waals surface area contributed by atoms with E-state index in [1.54, 1.807) is 4.68 Å². The molecule has 1 aliphatic rings. The maximum atomic E-state index is 12.0. The van der Waals surface area contributed by atoms with Crippen LogP contribution in [0.3, 0.4) is 0 Å². The molecule has 104 valence electrons. The molecule has 1 aliphatic carbocycles. The van der Waals surface area contributed by atoms with Crippen LogP contribution in [0.2, 0.25) is 0 Å². The van der Waals surface area contributed by atoms with Crippen molar-refractivity contribution in [3.63, 3.8) is 0 Å². The number of hydrogen-bond acceptors (Lipinski definition) is 4. The van der Waals surface area contributed by atoms with E-state index in [9.17, 15) is 4.79 Å². The molecule has 0 bridgehead atoms. The Hall–Kier alpha value is -2.56. The molecule has 3 aromatic rings. The van der Waals surface area contributed by atoms with E-state index in [0.717, 1.165) is 35.6 Å². The van der Waals surface area contributed by atoms with Gasteiger partial charge in [0.15, 0.2) is 11.4 Å². The molecule has 5 nitrogen and oxygen atoms in total. The quantitative estimate of drug-likeness (QED) is 0.686. The average Bonchev–Trinajstić information content (AvgIpc) is 2.84. The predicted octanol–water partition coefficient (Wildman–Crippen LogP) is 2.64. The standard InChI is InChI=1S/C16H14N4O/c1-10-14-16(20(19-10)11-6-3-2-4-7-11)17-12-8-5-9-13(21)15(12)18-14/h2-4,6-7H,5,8-9H2,1H3. The van der Waals surface area contributed by atoms with E-state index in [-0.39, 0.29) is 5.78 Å². The van der Waals surface area contributed by atoms with Gasteiger partial charge in [-0.25, -0.2) is 14.6 Å². The average molecular weight is 278 g/mol. The molecule has 0 radical (unpaired) electrons. The number of fused-ring (bicyclic) bond motifs is 2. The van der Waals surface area contributed by atoms with E-state index in [4.69, 9.17) is 0 Å². The summed E-state index contributed by atoms with van der Waals surface area (Å²) in [5, 5.41) is 4.54. The molecule has 0 N–H and O–H groups in total. The lowest BCUT2D eigenvalue weighted by Crippen LogP contribution is -2.15. The number of para-hydroxylation sites is 1. The Morgan fingerprint density at radius 2 is 1.90 bits per heavy atom. The molecule has 1 aromatic carbocycles. The lowest BCUT2D eigenvalue weighted by Gasteiger charge is -2.12. The van der Waals surface area contributed by atoms with Crippen molar-refractivity contribution in [3.05, 3.63) is 47.4 Å². The van der Waals surface area contributed by atoms with Crippen LogP contribution in [0.4, 0.5) is 0 Å². The van der Waals surface area contributed by atoms with Crippen molar-refractivity contribution in [1.82, 2.24) is 19.7 Å². The van der Waals surface area contributed by atoms with Gasteiger partial charge in [0.2, 0.25) is 0 Å². The van der Waals surface area contributed by atoms with Crippen LogP contribution in [0.1, 0.15) is 34.7 Å². The smallest absolute Gasteiger partial charge is 0.183 e. The summed E-state index contributed by atoms with van der Waals surface area (Å²) in [6, 6.07) is 9.87. The largest absolute Gasteiger partial charge is 0.292 e. The maximum Gasteiger partial charge on any atom is 0.183 e. The first kappa shape index (κ1) is 12.2. The highest BCUT2D eigenvalue weighted by Crippen LogP contribution is 2.24. The summed E-state index contributed by atoms with van der Waals surface area (Å²) in [6.45, 7) is 1.90. The Balaban J connectivity index is 2.01. The van der Waals surface area contributed by atoms with Crippen LogP contribution in [-0.2, 0) is 6.42 Å². The number of benzene rings is 1. The number of carbonyl (C=O) groups excluding carboxylic acids is 1. The summed E-state index contributed by atoms with van der Waals surface area (Å²) in [5.74, 6) is 0.0949. The fourth-order valence-electron chi connectivity index (χ4n) is 2.78. The summed E-state index contributed by atoms with van der Waals surface area (Å²) in [4.78, 5) is 21.2. The summed E-state index contributed by atoms with van der Waals surface area (Å²) in [5.41, 5.74) is 4.52. The van der Waals surface area contributed by atoms with Gasteiger partial charge >= 0.3 is 0 Å². The molecule has 21 heavy (non-hydrogen) atoms. The van der Waals surface area contributed by atoms with Crippen molar-refractivity contribution in [2.45, 2.75) is 26.2 Å². The van der Waals surface area contributed by atoms with Gasteiger partial charge in [0.25, 0.3) is 0 Å². The summed E-state index contributed by atoms with van der Waals surface area (Å²) < 4.78 is 1.80. The Labute approximate surface area is 121 Å². The van der Waals surface area contributed by atoms with Gasteiger partial charge in [-0.3, -0.25) is 4.79 Å². The molecule has 0 saturated heterocycles. The van der Waals surface area contributed by atoms with E-state index >= 15 is 0 Å². The second kappa shape index (κ2) is 4.48. The van der Waals surface area contributed by atoms with Crippen molar-refractivity contribution < 1.29 is 4.79 Å². The molecular weight excluding hydrogens is 264 g/mol. The fourth-order valence-corrected chi connectivity index (χ4v) is 2.78. The highest BCUT2D eigenvalue weighted by atomic mass is 16.1. The Kier molecular flexibility index (Phi) is 2.60. The zero-order valence-electron chi connectivity index (χ0n) is 11.7. The van der Waals surface area contributed by atoms with Crippen LogP contribution in [0.25, 0.3) is 16.9 Å². The third kappa shape index (κ3) is 1.85. The highest BCUT2D eigenvalue weighted by molar-refractivity contribution is 5.97. The van der Waals surface area contributed by atoms with Crippen LogP contribution in [0.5, 0.6) is 0 Å². The first-order chi connectivity index (χ1) is 10.2. The summed E-state index contributed by atoms with van der Waals surface area (Å²) >= 11 is 0. The molecular formula is C16H14N4O. The minimum atomic E-state index is 0.0949. The van der Waals surface area contributed by atoms with Gasteiger partial charge in [-0.1, -0.05) is 18.2 Å². The second-order valence-corrected chi connectivity index (χ2v) is 5.30. The number of rotatable bonds is 1. The van der Waals surface area contributed by atoms with E-state index in [1.165, 1.54) is 0 Å². The first-order valence-electron chi connectivity index (χ1n) is 7.09. The van der Waals surface area contributed by atoms with E-state index < -0.39 is 0 Å². The minimum Gasteiger partial charge on any atom is -0.292 e. The van der Waals surface area contributed by atoms with Gasteiger partial charge in [0.05, 0.1) is 17.1 Å². The molecule has 0 aliphatic heterocycles. The lowest BCUT2D eigenvalue weighted by atomic mass is 9.99. The molecule has 4 rings (SSSR count). The second-order valence-electron chi connectivity index (χ2n) is 5.30. The zero-order chi connectivity index (χ0) is 14.4. The molecule has 0 saturated carbocycles. The van der Waals surface area contributed by atoms with Crippen LogP contribution < -0.4 is 0 Å². The van der Waals surface area contributed by atoms with Crippen LogP contribution in [0.15, 0.2) is 30.3 Å². The number of nitrogens with zero attached hydrogens (tertiary/aromatic N) is 4. The van der Waals surface area contributed by atoms with Crippen molar-refractivity contribution in [3.8, 4) is 5.69 Å². The Morgan fingerprint density at radius 1 is 1.10 bits per heavy atom. The van der Waals surface area contributed by atoms with E-state index in [1.807, 2.05) is 37.3 Å². The molecule has 2 heterocycles. The predicted molar refractivity (Wildman–Crippen MR) is 78.7 cm³/mol. The number of hydrogen-bond donors (Lipinski definition) is 0. The Bertz CT molecular complexity index is 852. The van der Waals surface area contributed by atoms with Gasteiger partial charge in [-0.2, -0.15) is 5.10 Å². The van der Waals surface area contributed by atoms with Gasteiger partial charge in [-0.05, 0) is 31.9 Å². The van der Waals surface area contributed by atoms with E-state index in [0.29, 0.717) is 17.6 Å². The SMILES string of the molecule is Cc1nn(-c2ccccc2)c2nc3c(nc12)C(=O)CCC3. The molecule has 0 atom stereocenters.